The predicted octanol–water partition coefficient (Wildman–Crippen LogP) is 5.06. The van der Waals surface area contributed by atoms with Gasteiger partial charge in [0.15, 0.2) is 11.5 Å². The first-order chi connectivity index (χ1) is 16.0. The molecule has 8 heteroatoms. The number of hydrogen-bond donors (Lipinski definition) is 2. The van der Waals surface area contributed by atoms with Crippen LogP contribution in [0.1, 0.15) is 18.1 Å². The Hall–Kier alpha value is -3.71. The van der Waals surface area contributed by atoms with Gasteiger partial charge in [-0.25, -0.2) is 4.68 Å². The molecule has 4 aromatic rings. The Morgan fingerprint density at radius 2 is 1.79 bits per heavy atom. The van der Waals surface area contributed by atoms with Gasteiger partial charge in [0, 0.05) is 22.2 Å². The highest BCUT2D eigenvalue weighted by molar-refractivity contribution is 6.30. The minimum atomic E-state index is -0.0710. The quantitative estimate of drug-likeness (QED) is 0.430. The Morgan fingerprint density at radius 3 is 2.58 bits per heavy atom. The highest BCUT2D eigenvalue weighted by Crippen LogP contribution is 2.41. The number of hydrogen-bond acceptors (Lipinski definition) is 6. The third-order valence-corrected chi connectivity index (χ3v) is 5.84. The van der Waals surface area contributed by atoms with E-state index in [-0.39, 0.29) is 11.5 Å². The van der Waals surface area contributed by atoms with E-state index < -0.39 is 0 Å². The van der Waals surface area contributed by atoms with Crippen molar-refractivity contribution in [2.24, 2.45) is 0 Å². The van der Waals surface area contributed by atoms with Crippen molar-refractivity contribution in [3.8, 4) is 45.5 Å². The first-order valence-electron chi connectivity index (χ1n) is 10.7. The van der Waals surface area contributed by atoms with Crippen LogP contribution in [0.3, 0.4) is 0 Å². The second-order valence-electron chi connectivity index (χ2n) is 7.78. The van der Waals surface area contributed by atoms with E-state index in [1.54, 1.807) is 10.7 Å². The number of fused-ring (bicyclic) bond motifs is 1. The molecule has 1 aliphatic heterocycles. The summed E-state index contributed by atoms with van der Waals surface area (Å²) in [5.41, 5.74) is 4.18. The second kappa shape index (κ2) is 8.67. The Morgan fingerprint density at radius 1 is 0.970 bits per heavy atom. The van der Waals surface area contributed by atoms with Gasteiger partial charge in [-0.05, 0) is 53.9 Å². The van der Waals surface area contributed by atoms with E-state index in [2.05, 4.69) is 10.3 Å². The lowest BCUT2D eigenvalue weighted by atomic mass is 9.99. The maximum absolute atomic E-state index is 10.7. The first-order valence-corrected chi connectivity index (χ1v) is 11.0. The standard InChI is InChI=1S/C25H22ClN3O4/c1-2-16-11-19(21(31)13-20(16)30)24-25(17-6-7-22-23(12-17)33-9-8-32-22)29(28-27-24)14-15-4-3-5-18(26)10-15/h3-7,10-13,30-31H,2,8-9,14H2,1H3. The molecule has 2 N–H and O–H groups in total. The maximum Gasteiger partial charge on any atom is 0.162 e. The van der Waals surface area contributed by atoms with Crippen LogP contribution < -0.4 is 9.47 Å². The number of benzene rings is 3. The number of ether oxygens (including phenoxy) is 2. The van der Waals surface area contributed by atoms with E-state index in [9.17, 15) is 10.2 Å². The molecule has 168 valence electrons. The molecule has 1 aliphatic rings. The van der Waals surface area contributed by atoms with Gasteiger partial charge in [-0.2, -0.15) is 0 Å². The summed E-state index contributed by atoms with van der Waals surface area (Å²) in [4.78, 5) is 0. The first kappa shape index (κ1) is 21.2. The van der Waals surface area contributed by atoms with Gasteiger partial charge in [0.2, 0.25) is 0 Å². The maximum atomic E-state index is 10.7. The summed E-state index contributed by atoms with van der Waals surface area (Å²) in [6.45, 7) is 3.35. The number of rotatable bonds is 5. The molecule has 0 atom stereocenters. The van der Waals surface area contributed by atoms with E-state index in [1.165, 1.54) is 6.07 Å². The lowest BCUT2D eigenvalue weighted by Crippen LogP contribution is -2.15. The molecule has 2 heterocycles. The fourth-order valence-electron chi connectivity index (χ4n) is 3.98. The van der Waals surface area contributed by atoms with E-state index in [4.69, 9.17) is 21.1 Å². The summed E-state index contributed by atoms with van der Waals surface area (Å²) in [6.07, 6.45) is 0.606. The van der Waals surface area contributed by atoms with Gasteiger partial charge >= 0.3 is 0 Å². The largest absolute Gasteiger partial charge is 0.508 e. The van der Waals surface area contributed by atoms with Crippen molar-refractivity contribution in [2.75, 3.05) is 13.2 Å². The van der Waals surface area contributed by atoms with Crippen LogP contribution in [0.15, 0.2) is 54.6 Å². The number of aromatic hydroxyl groups is 2. The van der Waals surface area contributed by atoms with Crippen molar-refractivity contribution in [1.82, 2.24) is 15.0 Å². The van der Waals surface area contributed by atoms with Gasteiger partial charge in [0.05, 0.1) is 12.2 Å². The topological polar surface area (TPSA) is 89.6 Å². The van der Waals surface area contributed by atoms with Crippen LogP contribution in [-0.4, -0.2) is 38.4 Å². The molecule has 3 aromatic carbocycles. The molecule has 0 saturated heterocycles. The molecule has 7 nitrogen and oxygen atoms in total. The summed E-state index contributed by atoms with van der Waals surface area (Å²) in [5.74, 6) is 1.30. The Labute approximate surface area is 195 Å². The molecule has 0 saturated carbocycles. The van der Waals surface area contributed by atoms with Crippen LogP contribution in [0.4, 0.5) is 0 Å². The van der Waals surface area contributed by atoms with Gasteiger partial charge < -0.3 is 19.7 Å². The van der Waals surface area contributed by atoms with Crippen molar-refractivity contribution < 1.29 is 19.7 Å². The van der Waals surface area contributed by atoms with E-state index in [1.807, 2.05) is 49.4 Å². The number of phenolic OH excluding ortho intramolecular Hbond substituents is 2. The number of phenols is 2. The Balaban J connectivity index is 1.68. The van der Waals surface area contributed by atoms with Gasteiger partial charge in [-0.1, -0.05) is 35.9 Å². The number of aryl methyl sites for hydroxylation is 1. The van der Waals surface area contributed by atoms with E-state index in [0.29, 0.717) is 65.2 Å². The molecule has 0 spiro atoms. The zero-order valence-corrected chi connectivity index (χ0v) is 18.7. The van der Waals surface area contributed by atoms with Crippen LogP contribution in [0, 0.1) is 0 Å². The van der Waals surface area contributed by atoms with Crippen molar-refractivity contribution >= 4 is 11.6 Å². The zero-order chi connectivity index (χ0) is 22.9. The minimum absolute atomic E-state index is 0.0472. The van der Waals surface area contributed by atoms with E-state index >= 15 is 0 Å². The highest BCUT2D eigenvalue weighted by atomic mass is 35.5. The van der Waals surface area contributed by atoms with Gasteiger partial charge in [-0.15, -0.1) is 5.10 Å². The fourth-order valence-corrected chi connectivity index (χ4v) is 4.20. The lowest BCUT2D eigenvalue weighted by molar-refractivity contribution is 0.171. The molecule has 0 fully saturated rings. The van der Waals surface area contributed by atoms with Gasteiger partial charge in [-0.3, -0.25) is 0 Å². The summed E-state index contributed by atoms with van der Waals surface area (Å²) in [6, 6.07) is 16.3. The zero-order valence-electron chi connectivity index (χ0n) is 18.0. The Bertz CT molecular complexity index is 1340. The highest BCUT2D eigenvalue weighted by Gasteiger charge is 2.23. The average molecular weight is 464 g/mol. The van der Waals surface area contributed by atoms with Crippen molar-refractivity contribution in [3.63, 3.8) is 0 Å². The minimum Gasteiger partial charge on any atom is -0.508 e. The molecule has 0 amide bonds. The summed E-state index contributed by atoms with van der Waals surface area (Å²) < 4.78 is 13.2. The molecule has 5 rings (SSSR count). The predicted molar refractivity (Wildman–Crippen MR) is 125 cm³/mol. The van der Waals surface area contributed by atoms with E-state index in [0.717, 1.165) is 11.1 Å². The fraction of sp³-hybridized carbons (Fsp3) is 0.200. The third-order valence-electron chi connectivity index (χ3n) is 5.61. The molecular weight excluding hydrogens is 442 g/mol. The average Bonchev–Trinajstić information content (AvgIpc) is 3.22. The third kappa shape index (κ3) is 4.07. The molecule has 1 aromatic heterocycles. The smallest absolute Gasteiger partial charge is 0.162 e. The number of halogens is 1. The molecular formula is C25H22ClN3O4. The van der Waals surface area contributed by atoms with Crippen LogP contribution in [0.2, 0.25) is 5.02 Å². The number of aromatic nitrogens is 3. The van der Waals surface area contributed by atoms with Crippen molar-refractivity contribution in [1.29, 1.82) is 0 Å². The Kier molecular flexibility index (Phi) is 5.56. The molecule has 0 bridgehead atoms. The second-order valence-corrected chi connectivity index (χ2v) is 8.22. The van der Waals surface area contributed by atoms with Crippen LogP contribution in [-0.2, 0) is 13.0 Å². The SMILES string of the molecule is CCc1cc(-c2nnn(Cc3cccc(Cl)c3)c2-c2ccc3c(c2)OCCO3)c(O)cc1O. The normalized spacial score (nSPS) is 12.7. The van der Waals surface area contributed by atoms with Crippen LogP contribution in [0.5, 0.6) is 23.0 Å². The van der Waals surface area contributed by atoms with Gasteiger partial charge in [0.25, 0.3) is 0 Å². The van der Waals surface area contributed by atoms with Gasteiger partial charge in [0.1, 0.15) is 30.4 Å². The summed E-state index contributed by atoms with van der Waals surface area (Å²) >= 11 is 6.18. The summed E-state index contributed by atoms with van der Waals surface area (Å²) in [7, 11) is 0. The van der Waals surface area contributed by atoms with Crippen molar-refractivity contribution in [3.05, 3.63) is 70.7 Å². The molecule has 33 heavy (non-hydrogen) atoms. The lowest BCUT2D eigenvalue weighted by Gasteiger charge is -2.19. The van der Waals surface area contributed by atoms with Crippen LogP contribution in [0.25, 0.3) is 22.5 Å². The van der Waals surface area contributed by atoms with Crippen molar-refractivity contribution in [2.45, 2.75) is 19.9 Å². The summed E-state index contributed by atoms with van der Waals surface area (Å²) in [5, 5.41) is 30.3. The van der Waals surface area contributed by atoms with Crippen LogP contribution >= 0.6 is 11.6 Å². The molecule has 0 aliphatic carbocycles. The number of nitrogens with zero attached hydrogens (tertiary/aromatic N) is 3. The monoisotopic (exact) mass is 463 g/mol. The molecule has 0 radical (unpaired) electrons. The molecule has 0 unspecified atom stereocenters.